The topological polar surface area (TPSA) is 26.0 Å². The van der Waals surface area contributed by atoms with E-state index in [1.165, 1.54) is 10.4 Å². The quantitative estimate of drug-likeness (QED) is 0.636. The van der Waals surface area contributed by atoms with Gasteiger partial charge in [-0.2, -0.15) is 0 Å². The van der Waals surface area contributed by atoms with Gasteiger partial charge in [-0.15, -0.1) is 11.3 Å². The van der Waals surface area contributed by atoms with E-state index in [0.29, 0.717) is 0 Å². The van der Waals surface area contributed by atoms with Crippen LogP contribution in [0.3, 0.4) is 0 Å². The molecule has 1 nitrogen and oxygen atoms in total. The van der Waals surface area contributed by atoms with Crippen molar-refractivity contribution in [2.75, 3.05) is 0 Å². The van der Waals surface area contributed by atoms with Crippen LogP contribution in [0.5, 0.6) is 0 Å². The predicted octanol–water partition coefficient (Wildman–Crippen LogP) is 2.08. The number of aryl methyl sites for hydroxylation is 1. The summed E-state index contributed by atoms with van der Waals surface area (Å²) in [6, 6.07) is 2.33. The maximum Gasteiger partial charge on any atom is 0.0361 e. The van der Waals surface area contributed by atoms with Gasteiger partial charge in [0.2, 0.25) is 0 Å². The van der Waals surface area contributed by atoms with Gasteiger partial charge in [-0.25, -0.2) is 0 Å². The van der Waals surface area contributed by atoms with Crippen molar-refractivity contribution in [1.82, 2.24) is 0 Å². The summed E-state index contributed by atoms with van der Waals surface area (Å²) in [7, 11) is 0. The fourth-order valence-corrected chi connectivity index (χ4v) is 1.55. The first-order chi connectivity index (χ1) is 4.20. The predicted molar refractivity (Wildman–Crippen MR) is 41.7 cm³/mol. The van der Waals surface area contributed by atoms with Crippen LogP contribution in [0.15, 0.2) is 11.4 Å². The molecule has 0 bridgehead atoms. The third kappa shape index (κ3) is 1.53. The van der Waals surface area contributed by atoms with E-state index in [1.807, 2.05) is 6.92 Å². The van der Waals surface area contributed by atoms with Crippen molar-refractivity contribution in [2.24, 2.45) is 5.73 Å². The average Bonchev–Trinajstić information content (AvgIpc) is 2.14. The van der Waals surface area contributed by atoms with E-state index in [-0.39, 0.29) is 6.04 Å². The zero-order chi connectivity index (χ0) is 6.85. The summed E-state index contributed by atoms with van der Waals surface area (Å²) in [5, 5.41) is 2.12. The highest BCUT2D eigenvalue weighted by molar-refractivity contribution is 7.10. The SMILES string of the molecule is Cc1csc([C@@H](C)N)c1. The molecule has 9 heavy (non-hydrogen) atoms. The summed E-state index contributed by atoms with van der Waals surface area (Å²) in [5.74, 6) is 0. The highest BCUT2D eigenvalue weighted by Gasteiger charge is 1.99. The Hall–Kier alpha value is -0.340. The zero-order valence-corrected chi connectivity index (χ0v) is 6.53. The maximum atomic E-state index is 5.64. The lowest BCUT2D eigenvalue weighted by Crippen LogP contribution is -2.01. The Morgan fingerprint density at radius 1 is 1.67 bits per heavy atom. The molecule has 0 saturated heterocycles. The van der Waals surface area contributed by atoms with Crippen molar-refractivity contribution in [3.63, 3.8) is 0 Å². The van der Waals surface area contributed by atoms with Crippen molar-refractivity contribution in [3.8, 4) is 0 Å². The van der Waals surface area contributed by atoms with Gasteiger partial charge < -0.3 is 5.73 Å². The van der Waals surface area contributed by atoms with E-state index in [1.54, 1.807) is 11.3 Å². The second-order valence-corrected chi connectivity index (χ2v) is 3.26. The van der Waals surface area contributed by atoms with Gasteiger partial charge in [-0.1, -0.05) is 0 Å². The van der Waals surface area contributed by atoms with Crippen molar-refractivity contribution in [3.05, 3.63) is 21.9 Å². The first-order valence-corrected chi connectivity index (χ1v) is 3.88. The lowest BCUT2D eigenvalue weighted by Gasteiger charge is -1.96. The van der Waals surface area contributed by atoms with E-state index >= 15 is 0 Å². The molecule has 1 atom stereocenters. The van der Waals surface area contributed by atoms with E-state index < -0.39 is 0 Å². The van der Waals surface area contributed by atoms with Crippen LogP contribution < -0.4 is 5.73 Å². The molecular weight excluding hydrogens is 130 g/mol. The standard InChI is InChI=1S/C7H11NS/c1-5-3-7(6(2)8)9-4-5/h3-4,6H,8H2,1-2H3/t6-/m1/s1. The minimum atomic E-state index is 0.198. The highest BCUT2D eigenvalue weighted by atomic mass is 32.1. The van der Waals surface area contributed by atoms with Crippen LogP contribution in [0.1, 0.15) is 23.4 Å². The monoisotopic (exact) mass is 141 g/mol. The Morgan fingerprint density at radius 3 is 2.56 bits per heavy atom. The van der Waals surface area contributed by atoms with Crippen LogP contribution in [0, 0.1) is 6.92 Å². The van der Waals surface area contributed by atoms with Crippen molar-refractivity contribution in [2.45, 2.75) is 19.9 Å². The lowest BCUT2D eigenvalue weighted by atomic mass is 10.2. The molecule has 2 heteroatoms. The van der Waals surface area contributed by atoms with Crippen LogP contribution in [0.2, 0.25) is 0 Å². The van der Waals surface area contributed by atoms with Gasteiger partial charge in [-0.3, -0.25) is 0 Å². The molecule has 0 aliphatic carbocycles. The van der Waals surface area contributed by atoms with E-state index in [0.717, 1.165) is 0 Å². The summed E-state index contributed by atoms with van der Waals surface area (Å²) in [5.41, 5.74) is 6.95. The molecule has 0 fully saturated rings. The molecular formula is C7H11NS. The molecule has 0 saturated carbocycles. The van der Waals surface area contributed by atoms with Crippen LogP contribution in [0.4, 0.5) is 0 Å². The lowest BCUT2D eigenvalue weighted by molar-refractivity contribution is 0.838. The fourth-order valence-electron chi connectivity index (χ4n) is 0.692. The highest BCUT2D eigenvalue weighted by Crippen LogP contribution is 2.18. The Bertz CT molecular complexity index is 191. The maximum absolute atomic E-state index is 5.64. The van der Waals surface area contributed by atoms with E-state index in [2.05, 4.69) is 18.4 Å². The molecule has 0 aromatic carbocycles. The van der Waals surface area contributed by atoms with Crippen LogP contribution in [-0.2, 0) is 0 Å². The number of rotatable bonds is 1. The Kier molecular flexibility index (Phi) is 1.88. The van der Waals surface area contributed by atoms with E-state index in [9.17, 15) is 0 Å². The van der Waals surface area contributed by atoms with Crippen molar-refractivity contribution in [1.29, 1.82) is 0 Å². The van der Waals surface area contributed by atoms with Crippen LogP contribution in [-0.4, -0.2) is 0 Å². The minimum absolute atomic E-state index is 0.198. The van der Waals surface area contributed by atoms with Gasteiger partial charge in [0.1, 0.15) is 0 Å². The Labute approximate surface area is 59.5 Å². The first-order valence-electron chi connectivity index (χ1n) is 3.01. The summed E-state index contributed by atoms with van der Waals surface area (Å²) < 4.78 is 0. The van der Waals surface area contributed by atoms with Crippen LogP contribution in [0.25, 0.3) is 0 Å². The Balaban J connectivity index is 2.85. The largest absolute Gasteiger partial charge is 0.324 e. The molecule has 2 N–H and O–H groups in total. The van der Waals surface area contributed by atoms with Gasteiger partial charge in [0, 0.05) is 10.9 Å². The first kappa shape index (κ1) is 6.78. The van der Waals surface area contributed by atoms with Gasteiger partial charge in [0.05, 0.1) is 0 Å². The summed E-state index contributed by atoms with van der Waals surface area (Å²) in [6.45, 7) is 4.09. The second kappa shape index (κ2) is 2.50. The molecule has 0 amide bonds. The third-order valence-electron chi connectivity index (χ3n) is 1.20. The molecule has 0 unspecified atom stereocenters. The van der Waals surface area contributed by atoms with Crippen molar-refractivity contribution >= 4 is 11.3 Å². The zero-order valence-electron chi connectivity index (χ0n) is 5.72. The number of hydrogen-bond acceptors (Lipinski definition) is 2. The molecule has 0 spiro atoms. The van der Waals surface area contributed by atoms with Gasteiger partial charge in [0.15, 0.2) is 0 Å². The number of nitrogens with two attached hydrogens (primary N) is 1. The third-order valence-corrected chi connectivity index (χ3v) is 2.45. The molecule has 0 aliphatic rings. The molecule has 50 valence electrons. The minimum Gasteiger partial charge on any atom is -0.324 e. The van der Waals surface area contributed by atoms with Gasteiger partial charge >= 0.3 is 0 Å². The molecule has 0 radical (unpaired) electrons. The molecule has 1 heterocycles. The van der Waals surface area contributed by atoms with Gasteiger partial charge in [0.25, 0.3) is 0 Å². The molecule has 1 rings (SSSR count). The number of thiophene rings is 1. The van der Waals surface area contributed by atoms with Crippen molar-refractivity contribution < 1.29 is 0 Å². The Morgan fingerprint density at radius 2 is 2.33 bits per heavy atom. The fraction of sp³-hybridized carbons (Fsp3) is 0.429. The molecule has 1 aromatic rings. The normalized spacial score (nSPS) is 13.7. The van der Waals surface area contributed by atoms with Crippen LogP contribution >= 0.6 is 11.3 Å². The molecule has 0 aliphatic heterocycles. The second-order valence-electron chi connectivity index (χ2n) is 2.32. The molecule has 1 aromatic heterocycles. The summed E-state index contributed by atoms with van der Waals surface area (Å²) in [4.78, 5) is 1.27. The summed E-state index contributed by atoms with van der Waals surface area (Å²) in [6.07, 6.45) is 0. The van der Waals surface area contributed by atoms with E-state index in [4.69, 9.17) is 5.73 Å². The van der Waals surface area contributed by atoms with Gasteiger partial charge in [-0.05, 0) is 30.9 Å². The smallest absolute Gasteiger partial charge is 0.0361 e. The summed E-state index contributed by atoms with van der Waals surface area (Å²) >= 11 is 1.73. The average molecular weight is 141 g/mol. The number of hydrogen-bond donors (Lipinski definition) is 1.